The van der Waals surface area contributed by atoms with E-state index in [1.807, 2.05) is 32.6 Å². The summed E-state index contributed by atoms with van der Waals surface area (Å²) in [5, 5.41) is 1.05. The van der Waals surface area contributed by atoms with Crippen LogP contribution in [0.25, 0.3) is 10.2 Å². The molecule has 3 atom stereocenters. The molecule has 2 aromatic rings. The van der Waals surface area contributed by atoms with Crippen LogP contribution < -0.4 is 5.56 Å². The Labute approximate surface area is 193 Å². The Morgan fingerprint density at radius 1 is 1.29 bits per heavy atom. The van der Waals surface area contributed by atoms with Crippen LogP contribution in [0.3, 0.4) is 0 Å². The molecule has 1 amide bonds. The lowest BCUT2D eigenvalue weighted by atomic mass is 9.92. The lowest BCUT2D eigenvalue weighted by Gasteiger charge is -2.36. The number of rotatable bonds is 8. The summed E-state index contributed by atoms with van der Waals surface area (Å²) in [6.45, 7) is 15.8. The monoisotopic (exact) mass is 465 g/mol. The smallest absolute Gasteiger partial charge is 0.263 e. The molecule has 3 unspecified atom stereocenters. The minimum atomic E-state index is -0.290. The van der Waals surface area contributed by atoms with Gasteiger partial charge in [-0.05, 0) is 57.9 Å². The van der Waals surface area contributed by atoms with Gasteiger partial charge in [0.25, 0.3) is 5.56 Å². The highest BCUT2D eigenvalue weighted by Gasteiger charge is 2.30. The summed E-state index contributed by atoms with van der Waals surface area (Å²) in [5.41, 5.74) is 0.999. The Bertz CT molecular complexity index is 975. The molecule has 172 valence electrons. The molecule has 1 aliphatic heterocycles. The van der Waals surface area contributed by atoms with E-state index in [4.69, 9.17) is 9.72 Å². The highest BCUT2D eigenvalue weighted by molar-refractivity contribution is 8.00. The fraction of sp³-hybridized carbons (Fsp3) is 0.696. The van der Waals surface area contributed by atoms with E-state index in [0.717, 1.165) is 34.8 Å². The molecule has 3 heterocycles. The number of thiophene rings is 1. The van der Waals surface area contributed by atoms with Gasteiger partial charge in [-0.15, -0.1) is 11.3 Å². The third-order valence-electron chi connectivity index (χ3n) is 5.94. The van der Waals surface area contributed by atoms with Crippen LogP contribution in [0.2, 0.25) is 0 Å². The fourth-order valence-corrected chi connectivity index (χ4v) is 6.46. The van der Waals surface area contributed by atoms with Gasteiger partial charge in [-0.2, -0.15) is 0 Å². The number of carbonyl (C=O) groups excluding carboxylic acids is 1. The predicted octanol–water partition coefficient (Wildman–Crippen LogP) is 4.49. The largest absolute Gasteiger partial charge is 0.382 e. The number of ether oxygens (including phenoxy) is 1. The van der Waals surface area contributed by atoms with Gasteiger partial charge >= 0.3 is 0 Å². The van der Waals surface area contributed by atoms with E-state index in [0.29, 0.717) is 42.1 Å². The molecule has 31 heavy (non-hydrogen) atoms. The highest BCUT2D eigenvalue weighted by Crippen LogP contribution is 2.31. The van der Waals surface area contributed by atoms with Crippen LogP contribution >= 0.6 is 23.1 Å². The van der Waals surface area contributed by atoms with E-state index in [2.05, 4.69) is 13.8 Å². The second kappa shape index (κ2) is 10.5. The van der Waals surface area contributed by atoms with Crippen molar-refractivity contribution >= 4 is 39.2 Å². The van der Waals surface area contributed by atoms with E-state index in [-0.39, 0.29) is 16.7 Å². The van der Waals surface area contributed by atoms with Crippen LogP contribution in [-0.2, 0) is 16.1 Å². The van der Waals surface area contributed by atoms with E-state index in [1.165, 1.54) is 18.2 Å². The molecule has 0 N–H and O–H groups in total. The van der Waals surface area contributed by atoms with Crippen molar-refractivity contribution in [1.82, 2.24) is 14.5 Å². The van der Waals surface area contributed by atoms with Crippen LogP contribution in [-0.4, -0.2) is 51.9 Å². The molecule has 0 radical (unpaired) electrons. The summed E-state index contributed by atoms with van der Waals surface area (Å²) in [6, 6.07) is 0. The number of amides is 1. The number of hydrogen-bond acceptors (Lipinski definition) is 6. The first-order valence-electron chi connectivity index (χ1n) is 11.3. The lowest BCUT2D eigenvalue weighted by molar-refractivity contribution is -0.132. The van der Waals surface area contributed by atoms with Crippen molar-refractivity contribution < 1.29 is 9.53 Å². The SMILES string of the molecule is CCOCCCn1c(SC(C)C(=O)N2CC(C)CC(C)C2)nc2sc(C)c(C)c2c1=O. The van der Waals surface area contributed by atoms with E-state index < -0.39 is 0 Å². The summed E-state index contributed by atoms with van der Waals surface area (Å²) in [6.07, 6.45) is 1.90. The maximum atomic E-state index is 13.4. The maximum absolute atomic E-state index is 13.4. The zero-order valence-electron chi connectivity index (χ0n) is 19.6. The normalized spacial score (nSPS) is 20.4. The Balaban J connectivity index is 1.88. The Kier molecular flexibility index (Phi) is 8.21. The summed E-state index contributed by atoms with van der Waals surface area (Å²) in [7, 11) is 0. The number of likely N-dealkylation sites (tertiary alicyclic amines) is 1. The number of piperidine rings is 1. The molecule has 1 saturated heterocycles. The summed E-state index contributed by atoms with van der Waals surface area (Å²) >= 11 is 2.96. The maximum Gasteiger partial charge on any atom is 0.263 e. The van der Waals surface area contributed by atoms with Crippen molar-refractivity contribution in [3.63, 3.8) is 0 Å². The molecule has 1 aliphatic rings. The van der Waals surface area contributed by atoms with Crippen LogP contribution in [0.15, 0.2) is 9.95 Å². The second-order valence-corrected chi connectivity index (χ2v) is 11.3. The van der Waals surface area contributed by atoms with Gasteiger partial charge < -0.3 is 9.64 Å². The van der Waals surface area contributed by atoms with Crippen molar-refractivity contribution in [3.05, 3.63) is 20.8 Å². The zero-order chi connectivity index (χ0) is 22.7. The van der Waals surface area contributed by atoms with Crippen molar-refractivity contribution in [2.75, 3.05) is 26.3 Å². The molecular formula is C23H35N3O3S2. The van der Waals surface area contributed by atoms with E-state index in [1.54, 1.807) is 15.9 Å². The highest BCUT2D eigenvalue weighted by atomic mass is 32.2. The average molecular weight is 466 g/mol. The van der Waals surface area contributed by atoms with Crippen LogP contribution in [0.4, 0.5) is 0 Å². The number of nitrogens with zero attached hydrogens (tertiary/aromatic N) is 3. The van der Waals surface area contributed by atoms with Gasteiger partial charge in [0.2, 0.25) is 5.91 Å². The first kappa shape index (κ1) is 24.3. The first-order valence-corrected chi connectivity index (χ1v) is 13.0. The summed E-state index contributed by atoms with van der Waals surface area (Å²) in [4.78, 5) is 35.3. The first-order chi connectivity index (χ1) is 14.7. The number of carbonyl (C=O) groups is 1. The Morgan fingerprint density at radius 2 is 1.97 bits per heavy atom. The van der Waals surface area contributed by atoms with Crippen molar-refractivity contribution in [2.24, 2.45) is 11.8 Å². The van der Waals surface area contributed by atoms with Crippen molar-refractivity contribution in [3.8, 4) is 0 Å². The molecule has 0 spiro atoms. The standard InChI is InChI=1S/C23H35N3O3S2/c1-7-29-10-8-9-26-22(28)19-16(4)17(5)30-20(19)24-23(26)31-18(6)21(27)25-12-14(2)11-15(3)13-25/h14-15,18H,7-13H2,1-6H3. The molecule has 8 heteroatoms. The quantitative estimate of drug-likeness (QED) is 0.327. The molecule has 3 rings (SSSR count). The summed E-state index contributed by atoms with van der Waals surface area (Å²) in [5.74, 6) is 1.18. The van der Waals surface area contributed by atoms with Gasteiger partial charge in [0.1, 0.15) is 4.83 Å². The number of thioether (sulfide) groups is 1. The third kappa shape index (κ3) is 5.52. The minimum Gasteiger partial charge on any atom is -0.382 e. The van der Waals surface area contributed by atoms with Crippen LogP contribution in [0.5, 0.6) is 0 Å². The molecule has 2 aromatic heterocycles. The van der Waals surface area contributed by atoms with Gasteiger partial charge in [0.15, 0.2) is 5.16 Å². The molecule has 0 bridgehead atoms. The Hall–Kier alpha value is -1.38. The molecule has 6 nitrogen and oxygen atoms in total. The van der Waals surface area contributed by atoms with Gasteiger partial charge in [0, 0.05) is 37.7 Å². The second-order valence-electron chi connectivity index (χ2n) is 8.81. The molecule has 0 aromatic carbocycles. The minimum absolute atomic E-state index is 0.00860. The Morgan fingerprint density at radius 3 is 2.61 bits per heavy atom. The van der Waals surface area contributed by atoms with E-state index in [9.17, 15) is 9.59 Å². The number of aryl methyl sites for hydroxylation is 2. The van der Waals surface area contributed by atoms with Gasteiger partial charge in [-0.1, -0.05) is 25.6 Å². The zero-order valence-corrected chi connectivity index (χ0v) is 21.2. The lowest BCUT2D eigenvalue weighted by Crippen LogP contribution is -2.45. The van der Waals surface area contributed by atoms with E-state index >= 15 is 0 Å². The summed E-state index contributed by atoms with van der Waals surface area (Å²) < 4.78 is 7.21. The number of fused-ring (bicyclic) bond motifs is 1. The third-order valence-corrected chi connectivity index (χ3v) is 8.12. The number of aromatic nitrogens is 2. The van der Waals surface area contributed by atoms with Crippen LogP contribution in [0, 0.1) is 25.7 Å². The van der Waals surface area contributed by atoms with Gasteiger partial charge in [0.05, 0.1) is 10.6 Å². The fourth-order valence-electron chi connectivity index (χ4n) is 4.37. The van der Waals surface area contributed by atoms with Gasteiger partial charge in [-0.25, -0.2) is 4.98 Å². The molecule has 0 aliphatic carbocycles. The molecule has 0 saturated carbocycles. The average Bonchev–Trinajstić information content (AvgIpc) is 2.99. The van der Waals surface area contributed by atoms with Crippen LogP contribution in [0.1, 0.15) is 51.0 Å². The van der Waals surface area contributed by atoms with Crippen molar-refractivity contribution in [1.29, 1.82) is 0 Å². The predicted molar refractivity (Wildman–Crippen MR) is 129 cm³/mol. The number of hydrogen-bond donors (Lipinski definition) is 0. The molecule has 1 fully saturated rings. The van der Waals surface area contributed by atoms with Crippen molar-refractivity contribution in [2.45, 2.75) is 71.3 Å². The molecular weight excluding hydrogens is 430 g/mol. The topological polar surface area (TPSA) is 64.4 Å². The van der Waals surface area contributed by atoms with Gasteiger partial charge in [-0.3, -0.25) is 14.2 Å².